The van der Waals surface area contributed by atoms with Gasteiger partial charge in [0.1, 0.15) is 5.75 Å². The molecule has 5 heteroatoms. The molecule has 0 aliphatic rings. The Labute approximate surface area is 148 Å². The van der Waals surface area contributed by atoms with Crippen molar-refractivity contribution in [3.8, 4) is 5.75 Å². The Hall–Kier alpha value is -2.82. The molecule has 0 fully saturated rings. The van der Waals surface area contributed by atoms with Crippen LogP contribution in [-0.2, 0) is 20.7 Å². The van der Waals surface area contributed by atoms with Crippen molar-refractivity contribution in [2.24, 2.45) is 0 Å². The molecule has 2 aromatic rings. The van der Waals surface area contributed by atoms with Crippen LogP contribution in [0.2, 0.25) is 0 Å². The SMILES string of the molecule is CCc1ccc(NC(=O)[C@H](C)OC(=O)COc2cccc(C)c2)cc1. The van der Waals surface area contributed by atoms with E-state index >= 15 is 0 Å². The molecule has 0 radical (unpaired) electrons. The van der Waals surface area contributed by atoms with E-state index in [1.54, 1.807) is 6.07 Å². The smallest absolute Gasteiger partial charge is 0.344 e. The average Bonchev–Trinajstić information content (AvgIpc) is 2.60. The first-order chi connectivity index (χ1) is 12.0. The number of rotatable bonds is 7. The van der Waals surface area contributed by atoms with Crippen LogP contribution in [0.5, 0.6) is 5.75 Å². The Balaban J connectivity index is 1.80. The molecule has 0 bridgehead atoms. The summed E-state index contributed by atoms with van der Waals surface area (Å²) in [7, 11) is 0. The third-order valence-corrected chi connectivity index (χ3v) is 3.65. The lowest BCUT2D eigenvalue weighted by molar-refractivity contribution is -0.155. The van der Waals surface area contributed by atoms with E-state index < -0.39 is 12.1 Å². The Morgan fingerprint density at radius 3 is 2.48 bits per heavy atom. The number of carbonyl (C=O) groups is 2. The van der Waals surface area contributed by atoms with Gasteiger partial charge in [-0.05, 0) is 55.7 Å². The van der Waals surface area contributed by atoms with E-state index in [0.29, 0.717) is 11.4 Å². The Morgan fingerprint density at radius 2 is 1.84 bits per heavy atom. The van der Waals surface area contributed by atoms with Crippen molar-refractivity contribution in [3.05, 3.63) is 59.7 Å². The van der Waals surface area contributed by atoms with Crippen LogP contribution in [0.1, 0.15) is 25.0 Å². The summed E-state index contributed by atoms with van der Waals surface area (Å²) in [5.74, 6) is -0.385. The fourth-order valence-electron chi connectivity index (χ4n) is 2.20. The van der Waals surface area contributed by atoms with E-state index in [1.807, 2.05) is 49.4 Å². The van der Waals surface area contributed by atoms with Gasteiger partial charge in [-0.15, -0.1) is 0 Å². The molecule has 0 spiro atoms. The highest BCUT2D eigenvalue weighted by Crippen LogP contribution is 2.13. The summed E-state index contributed by atoms with van der Waals surface area (Å²) < 4.78 is 10.5. The van der Waals surface area contributed by atoms with Crippen LogP contribution in [-0.4, -0.2) is 24.6 Å². The molecule has 1 N–H and O–H groups in total. The molecule has 0 saturated heterocycles. The van der Waals surface area contributed by atoms with Gasteiger partial charge in [0.25, 0.3) is 5.91 Å². The third-order valence-electron chi connectivity index (χ3n) is 3.65. The minimum Gasteiger partial charge on any atom is -0.482 e. The first kappa shape index (κ1) is 18.5. The van der Waals surface area contributed by atoms with E-state index in [2.05, 4.69) is 12.2 Å². The molecule has 0 unspecified atom stereocenters. The number of anilines is 1. The van der Waals surface area contributed by atoms with E-state index in [9.17, 15) is 9.59 Å². The monoisotopic (exact) mass is 341 g/mol. The molecule has 2 aromatic carbocycles. The second-order valence-corrected chi connectivity index (χ2v) is 5.78. The molecule has 0 aliphatic carbocycles. The van der Waals surface area contributed by atoms with Crippen LogP contribution < -0.4 is 10.1 Å². The van der Waals surface area contributed by atoms with Gasteiger partial charge in [-0.1, -0.05) is 31.2 Å². The minimum absolute atomic E-state index is 0.244. The quantitative estimate of drug-likeness (QED) is 0.783. The maximum Gasteiger partial charge on any atom is 0.344 e. The van der Waals surface area contributed by atoms with Gasteiger partial charge in [-0.2, -0.15) is 0 Å². The molecule has 132 valence electrons. The van der Waals surface area contributed by atoms with E-state index in [4.69, 9.17) is 9.47 Å². The fraction of sp³-hybridized carbons (Fsp3) is 0.300. The van der Waals surface area contributed by atoms with Gasteiger partial charge >= 0.3 is 5.97 Å². The zero-order valence-corrected chi connectivity index (χ0v) is 14.7. The van der Waals surface area contributed by atoms with Crippen molar-refractivity contribution in [2.45, 2.75) is 33.3 Å². The molecule has 0 aliphatic heterocycles. The molecule has 1 atom stereocenters. The van der Waals surface area contributed by atoms with Crippen LogP contribution in [0.4, 0.5) is 5.69 Å². The Morgan fingerprint density at radius 1 is 1.12 bits per heavy atom. The number of hydrogen-bond acceptors (Lipinski definition) is 4. The van der Waals surface area contributed by atoms with Crippen molar-refractivity contribution in [1.29, 1.82) is 0 Å². The number of hydrogen-bond donors (Lipinski definition) is 1. The predicted octanol–water partition coefficient (Wildman–Crippen LogP) is 3.51. The van der Waals surface area contributed by atoms with Gasteiger partial charge in [-0.25, -0.2) is 4.79 Å². The molecular weight excluding hydrogens is 318 g/mol. The standard InChI is InChI=1S/C20H23NO4/c1-4-16-8-10-17(11-9-16)21-20(23)15(3)25-19(22)13-24-18-7-5-6-14(2)12-18/h5-12,15H,4,13H2,1-3H3,(H,21,23)/t15-/m0/s1. The van der Waals surface area contributed by atoms with Crippen LogP contribution >= 0.6 is 0 Å². The minimum atomic E-state index is -0.903. The number of ether oxygens (including phenoxy) is 2. The van der Waals surface area contributed by atoms with Crippen LogP contribution in [0.15, 0.2) is 48.5 Å². The summed E-state index contributed by atoms with van der Waals surface area (Å²) in [6, 6.07) is 14.9. The van der Waals surface area contributed by atoms with E-state index in [1.165, 1.54) is 12.5 Å². The van der Waals surface area contributed by atoms with Crippen molar-refractivity contribution in [1.82, 2.24) is 0 Å². The van der Waals surface area contributed by atoms with Gasteiger partial charge < -0.3 is 14.8 Å². The molecule has 5 nitrogen and oxygen atoms in total. The maximum atomic E-state index is 12.1. The molecule has 1 amide bonds. The van der Waals surface area contributed by atoms with Gasteiger partial charge in [0.2, 0.25) is 0 Å². The summed E-state index contributed by atoms with van der Waals surface area (Å²) in [6.45, 7) is 5.28. The molecule has 25 heavy (non-hydrogen) atoms. The lowest BCUT2D eigenvalue weighted by atomic mass is 10.1. The van der Waals surface area contributed by atoms with Crippen molar-refractivity contribution in [3.63, 3.8) is 0 Å². The van der Waals surface area contributed by atoms with Crippen LogP contribution in [0, 0.1) is 6.92 Å². The first-order valence-corrected chi connectivity index (χ1v) is 8.26. The first-order valence-electron chi connectivity index (χ1n) is 8.26. The number of aryl methyl sites for hydroxylation is 2. The second-order valence-electron chi connectivity index (χ2n) is 5.78. The zero-order chi connectivity index (χ0) is 18.2. The Bertz CT molecular complexity index is 725. The van der Waals surface area contributed by atoms with Crippen molar-refractivity contribution >= 4 is 17.6 Å². The highest BCUT2D eigenvalue weighted by Gasteiger charge is 2.18. The van der Waals surface area contributed by atoms with Crippen LogP contribution in [0.3, 0.4) is 0 Å². The molecule has 0 saturated carbocycles. The largest absolute Gasteiger partial charge is 0.482 e. The number of benzene rings is 2. The lowest BCUT2D eigenvalue weighted by Gasteiger charge is -2.14. The lowest BCUT2D eigenvalue weighted by Crippen LogP contribution is -2.31. The Kier molecular flexibility index (Phi) is 6.57. The molecular formula is C20H23NO4. The maximum absolute atomic E-state index is 12.1. The average molecular weight is 341 g/mol. The predicted molar refractivity (Wildman–Crippen MR) is 96.7 cm³/mol. The summed E-state index contributed by atoms with van der Waals surface area (Å²) in [5.41, 5.74) is 2.89. The summed E-state index contributed by atoms with van der Waals surface area (Å²) in [6.07, 6.45) is 0.0304. The van der Waals surface area contributed by atoms with E-state index in [0.717, 1.165) is 12.0 Å². The number of carbonyl (C=O) groups excluding carboxylic acids is 2. The number of esters is 1. The molecule has 0 heterocycles. The van der Waals surface area contributed by atoms with Gasteiger partial charge in [0.05, 0.1) is 0 Å². The van der Waals surface area contributed by atoms with Gasteiger partial charge in [-0.3, -0.25) is 4.79 Å². The van der Waals surface area contributed by atoms with E-state index in [-0.39, 0.29) is 12.5 Å². The summed E-state index contributed by atoms with van der Waals surface area (Å²) in [4.78, 5) is 23.9. The van der Waals surface area contributed by atoms with Gasteiger partial charge in [0, 0.05) is 5.69 Å². The second kappa shape index (κ2) is 8.87. The van der Waals surface area contributed by atoms with Crippen LogP contribution in [0.25, 0.3) is 0 Å². The summed E-state index contributed by atoms with van der Waals surface area (Å²) >= 11 is 0. The highest BCUT2D eigenvalue weighted by atomic mass is 16.6. The number of nitrogens with one attached hydrogen (secondary N) is 1. The number of amides is 1. The summed E-state index contributed by atoms with van der Waals surface area (Å²) in [5, 5.41) is 2.72. The third kappa shape index (κ3) is 5.95. The molecule has 0 aromatic heterocycles. The highest BCUT2D eigenvalue weighted by molar-refractivity contribution is 5.95. The topological polar surface area (TPSA) is 64.6 Å². The zero-order valence-electron chi connectivity index (χ0n) is 14.7. The van der Waals surface area contributed by atoms with Crippen molar-refractivity contribution < 1.29 is 19.1 Å². The normalized spacial score (nSPS) is 11.5. The molecule has 2 rings (SSSR count). The van der Waals surface area contributed by atoms with Crippen molar-refractivity contribution in [2.75, 3.05) is 11.9 Å². The fourth-order valence-corrected chi connectivity index (χ4v) is 2.20. The van der Waals surface area contributed by atoms with Gasteiger partial charge in [0.15, 0.2) is 12.7 Å².